The molecule has 1 heterocycles. The standard InChI is InChI=1S/C6H6BrNO3S.C3H7NO/c1-4-5(7)2-8-3-6(4)12(9,10)11;1-4(2)3-5/h2-3H,1H3,(H,9,10,11);3H,1-2H3. The second-order valence-corrected chi connectivity index (χ2v) is 5.53. The summed E-state index contributed by atoms with van der Waals surface area (Å²) in [6.07, 6.45) is 3.32. The molecule has 0 bridgehead atoms. The Kier molecular flexibility index (Phi) is 6.29. The Hall–Kier alpha value is -0.990. The summed E-state index contributed by atoms with van der Waals surface area (Å²) in [5.74, 6) is 0. The van der Waals surface area contributed by atoms with Gasteiger partial charge in [-0.3, -0.25) is 14.3 Å². The number of hydrogen-bond acceptors (Lipinski definition) is 4. The van der Waals surface area contributed by atoms with E-state index in [9.17, 15) is 13.2 Å². The van der Waals surface area contributed by atoms with E-state index in [2.05, 4.69) is 20.9 Å². The van der Waals surface area contributed by atoms with Gasteiger partial charge in [-0.2, -0.15) is 8.42 Å². The molecule has 0 saturated carbocycles. The van der Waals surface area contributed by atoms with E-state index < -0.39 is 10.1 Å². The van der Waals surface area contributed by atoms with Crippen molar-refractivity contribution in [2.45, 2.75) is 11.8 Å². The zero-order valence-electron chi connectivity index (χ0n) is 9.58. The Balaban J connectivity index is 0.000000437. The lowest BCUT2D eigenvalue weighted by molar-refractivity contribution is -0.115. The van der Waals surface area contributed by atoms with Gasteiger partial charge in [0.1, 0.15) is 4.90 Å². The van der Waals surface area contributed by atoms with E-state index in [1.807, 2.05) is 0 Å². The molecule has 1 aromatic rings. The van der Waals surface area contributed by atoms with Gasteiger partial charge in [-0.15, -0.1) is 0 Å². The van der Waals surface area contributed by atoms with Gasteiger partial charge in [-0.25, -0.2) is 0 Å². The SMILES string of the molecule is CN(C)C=O.Cc1c(Br)cncc1S(=O)(=O)O. The molecular formula is C9H13BrN2O4S. The number of halogens is 1. The van der Waals surface area contributed by atoms with Crippen molar-refractivity contribution in [1.82, 2.24) is 9.88 Å². The van der Waals surface area contributed by atoms with Crippen LogP contribution < -0.4 is 0 Å². The van der Waals surface area contributed by atoms with Crippen LogP contribution in [0.5, 0.6) is 0 Å². The summed E-state index contributed by atoms with van der Waals surface area (Å²) in [7, 11) is -0.773. The van der Waals surface area contributed by atoms with Crippen molar-refractivity contribution in [3.63, 3.8) is 0 Å². The second-order valence-electron chi connectivity index (χ2n) is 3.29. The molecule has 0 saturated heterocycles. The smallest absolute Gasteiger partial charge is 0.296 e. The molecule has 0 aliphatic rings. The van der Waals surface area contributed by atoms with Crippen LogP contribution in [0.3, 0.4) is 0 Å². The van der Waals surface area contributed by atoms with E-state index in [1.54, 1.807) is 21.0 Å². The third kappa shape index (κ3) is 5.76. The highest BCUT2D eigenvalue weighted by molar-refractivity contribution is 9.10. The van der Waals surface area contributed by atoms with Gasteiger partial charge in [0.05, 0.1) is 0 Å². The van der Waals surface area contributed by atoms with Crippen LogP contribution in [0.1, 0.15) is 5.56 Å². The van der Waals surface area contributed by atoms with Gasteiger partial charge in [-0.05, 0) is 28.4 Å². The van der Waals surface area contributed by atoms with Gasteiger partial charge in [0, 0.05) is 31.0 Å². The molecule has 0 atom stereocenters. The Morgan fingerprint density at radius 2 is 1.88 bits per heavy atom. The number of hydrogen-bond donors (Lipinski definition) is 1. The fourth-order valence-corrected chi connectivity index (χ4v) is 1.90. The Morgan fingerprint density at radius 1 is 1.41 bits per heavy atom. The fourth-order valence-electron chi connectivity index (χ4n) is 0.742. The molecule has 8 heteroatoms. The lowest BCUT2D eigenvalue weighted by Gasteiger charge is -2.01. The molecule has 1 aromatic heterocycles. The molecule has 0 aliphatic heterocycles. The molecule has 0 radical (unpaired) electrons. The van der Waals surface area contributed by atoms with Crippen molar-refractivity contribution in [3.8, 4) is 0 Å². The van der Waals surface area contributed by atoms with E-state index in [-0.39, 0.29) is 4.90 Å². The predicted molar refractivity (Wildman–Crippen MR) is 66.2 cm³/mol. The molecule has 1 N–H and O–H groups in total. The molecular weight excluding hydrogens is 312 g/mol. The summed E-state index contributed by atoms with van der Waals surface area (Å²) >= 11 is 3.10. The quantitative estimate of drug-likeness (QED) is 0.650. The van der Waals surface area contributed by atoms with E-state index in [0.29, 0.717) is 10.0 Å². The molecule has 1 amide bonds. The predicted octanol–water partition coefficient (Wildman–Crippen LogP) is 1.10. The zero-order chi connectivity index (χ0) is 13.6. The van der Waals surface area contributed by atoms with Crippen LogP contribution in [0.25, 0.3) is 0 Å². The molecule has 0 unspecified atom stereocenters. The molecule has 17 heavy (non-hydrogen) atoms. The van der Waals surface area contributed by atoms with Crippen LogP contribution in [0.2, 0.25) is 0 Å². The maximum Gasteiger partial charge on any atom is 0.296 e. The molecule has 0 aliphatic carbocycles. The maximum absolute atomic E-state index is 10.7. The summed E-state index contributed by atoms with van der Waals surface area (Å²) in [5.41, 5.74) is 0.451. The zero-order valence-corrected chi connectivity index (χ0v) is 12.0. The van der Waals surface area contributed by atoms with Crippen molar-refractivity contribution in [2.75, 3.05) is 14.1 Å². The van der Waals surface area contributed by atoms with Gasteiger partial charge < -0.3 is 4.90 Å². The van der Waals surface area contributed by atoms with Gasteiger partial charge >= 0.3 is 0 Å². The van der Waals surface area contributed by atoms with Crippen LogP contribution in [0.4, 0.5) is 0 Å². The molecule has 1 rings (SSSR count). The number of carbonyl (C=O) groups excluding carboxylic acids is 1. The fraction of sp³-hybridized carbons (Fsp3) is 0.333. The topological polar surface area (TPSA) is 87.6 Å². The van der Waals surface area contributed by atoms with E-state index >= 15 is 0 Å². The maximum atomic E-state index is 10.7. The number of carbonyl (C=O) groups is 1. The monoisotopic (exact) mass is 324 g/mol. The lowest BCUT2D eigenvalue weighted by atomic mass is 10.3. The third-order valence-electron chi connectivity index (χ3n) is 1.60. The molecule has 0 spiro atoms. The van der Waals surface area contributed by atoms with Crippen molar-refractivity contribution in [1.29, 1.82) is 0 Å². The lowest BCUT2D eigenvalue weighted by Crippen LogP contribution is -2.06. The summed E-state index contributed by atoms with van der Waals surface area (Å²) < 4.78 is 30.7. The number of rotatable bonds is 2. The van der Waals surface area contributed by atoms with Crippen molar-refractivity contribution in [3.05, 3.63) is 22.4 Å². The van der Waals surface area contributed by atoms with Crippen LogP contribution in [0.15, 0.2) is 21.8 Å². The highest BCUT2D eigenvalue weighted by Crippen LogP contribution is 2.21. The van der Waals surface area contributed by atoms with Crippen molar-refractivity contribution in [2.24, 2.45) is 0 Å². The summed E-state index contributed by atoms with van der Waals surface area (Å²) in [6.45, 7) is 1.58. The Labute approximate surface area is 109 Å². The Morgan fingerprint density at radius 3 is 2.18 bits per heavy atom. The third-order valence-corrected chi connectivity index (χ3v) is 3.36. The first-order chi connectivity index (χ1) is 7.70. The van der Waals surface area contributed by atoms with Gasteiger partial charge in [0.2, 0.25) is 6.41 Å². The summed E-state index contributed by atoms with van der Waals surface area (Å²) in [5, 5.41) is 0. The number of pyridine rings is 1. The number of amides is 1. The minimum atomic E-state index is -4.15. The summed E-state index contributed by atoms with van der Waals surface area (Å²) in [6, 6.07) is 0. The van der Waals surface area contributed by atoms with E-state index in [1.165, 1.54) is 11.1 Å². The molecule has 0 fully saturated rings. The van der Waals surface area contributed by atoms with E-state index in [0.717, 1.165) is 12.6 Å². The first-order valence-electron chi connectivity index (χ1n) is 4.39. The minimum absolute atomic E-state index is 0.170. The minimum Gasteiger partial charge on any atom is -0.351 e. The van der Waals surface area contributed by atoms with Crippen LogP contribution >= 0.6 is 15.9 Å². The van der Waals surface area contributed by atoms with Crippen molar-refractivity contribution >= 4 is 32.5 Å². The number of aromatic nitrogens is 1. The highest BCUT2D eigenvalue weighted by atomic mass is 79.9. The van der Waals surface area contributed by atoms with Crippen LogP contribution in [-0.4, -0.2) is 43.4 Å². The Bertz CT molecular complexity index is 488. The summed E-state index contributed by atoms with van der Waals surface area (Å²) in [4.78, 5) is 14.3. The second kappa shape index (κ2) is 6.67. The first-order valence-corrected chi connectivity index (χ1v) is 6.62. The van der Waals surface area contributed by atoms with Crippen molar-refractivity contribution < 1.29 is 17.8 Å². The van der Waals surface area contributed by atoms with Gasteiger partial charge in [0.25, 0.3) is 10.1 Å². The normalized spacial score (nSPS) is 10.2. The van der Waals surface area contributed by atoms with E-state index in [4.69, 9.17) is 4.55 Å². The highest BCUT2D eigenvalue weighted by Gasteiger charge is 2.14. The van der Waals surface area contributed by atoms with Gasteiger partial charge in [0.15, 0.2) is 0 Å². The van der Waals surface area contributed by atoms with Gasteiger partial charge in [-0.1, -0.05) is 0 Å². The largest absolute Gasteiger partial charge is 0.351 e. The first kappa shape index (κ1) is 16.0. The molecule has 0 aromatic carbocycles. The average Bonchev–Trinajstić information content (AvgIpc) is 2.21. The molecule has 96 valence electrons. The number of nitrogens with zero attached hydrogens (tertiary/aromatic N) is 2. The molecule has 6 nitrogen and oxygen atoms in total. The van der Waals surface area contributed by atoms with Crippen LogP contribution in [0, 0.1) is 6.92 Å². The average molecular weight is 325 g/mol. The van der Waals surface area contributed by atoms with Crippen LogP contribution in [-0.2, 0) is 14.9 Å².